The van der Waals surface area contributed by atoms with Crippen LogP contribution in [-0.2, 0) is 0 Å². The minimum absolute atomic E-state index is 0.264. The quantitative estimate of drug-likeness (QED) is 0.694. The molecule has 11 heavy (non-hydrogen) atoms. The van der Waals surface area contributed by atoms with Crippen LogP contribution in [0.15, 0.2) is 18.2 Å². The molecule has 1 aromatic carbocycles. The van der Waals surface area contributed by atoms with Gasteiger partial charge in [-0.1, -0.05) is 17.7 Å². The van der Waals surface area contributed by atoms with Crippen molar-refractivity contribution in [3.8, 4) is 0 Å². The molecule has 0 aromatic heterocycles. The van der Waals surface area contributed by atoms with Gasteiger partial charge in [0, 0.05) is 5.02 Å². The second-order valence-electron chi connectivity index (χ2n) is 2.34. The number of hydrogen-bond acceptors (Lipinski definition) is 1. The zero-order chi connectivity index (χ0) is 8.43. The minimum atomic E-state index is -0.650. The Kier molecular flexibility index (Phi) is 2.47. The topological polar surface area (TPSA) is 20.2 Å². The molecule has 0 amide bonds. The summed E-state index contributed by atoms with van der Waals surface area (Å²) in [5, 5.41) is 9.35. The van der Waals surface area contributed by atoms with Crippen LogP contribution in [-0.4, -0.2) is 5.11 Å². The molecule has 1 nitrogen and oxygen atoms in total. The lowest BCUT2D eigenvalue weighted by molar-refractivity contribution is 0.199. The molecule has 0 aliphatic heterocycles. The monoisotopic (exact) mass is 174 g/mol. The van der Waals surface area contributed by atoms with Crippen LogP contribution < -0.4 is 0 Å². The standard InChI is InChI=1S/C8H8ClFO/c1-5(11)7-3-2-6(10)4-8(7)9/h2-5,11H,1H3. The minimum Gasteiger partial charge on any atom is -0.389 e. The molecule has 60 valence electrons. The fourth-order valence-electron chi connectivity index (χ4n) is 0.840. The highest BCUT2D eigenvalue weighted by Crippen LogP contribution is 2.22. The van der Waals surface area contributed by atoms with Crippen molar-refractivity contribution in [1.82, 2.24) is 0 Å². The van der Waals surface area contributed by atoms with E-state index in [4.69, 9.17) is 16.7 Å². The molecule has 1 rings (SSSR count). The highest BCUT2D eigenvalue weighted by atomic mass is 35.5. The molecule has 0 bridgehead atoms. The van der Waals surface area contributed by atoms with Gasteiger partial charge in [-0.3, -0.25) is 0 Å². The maximum atomic E-state index is 12.4. The zero-order valence-corrected chi connectivity index (χ0v) is 6.77. The fraction of sp³-hybridized carbons (Fsp3) is 0.250. The molecule has 3 heteroatoms. The third-order valence-electron chi connectivity index (χ3n) is 1.41. The number of halogens is 2. The summed E-state index contributed by atoms with van der Waals surface area (Å²) < 4.78 is 12.4. The third kappa shape index (κ3) is 1.91. The van der Waals surface area contributed by atoms with Crippen molar-refractivity contribution < 1.29 is 9.50 Å². The third-order valence-corrected chi connectivity index (χ3v) is 1.74. The first kappa shape index (κ1) is 8.50. The Balaban J connectivity index is 3.09. The van der Waals surface area contributed by atoms with Gasteiger partial charge < -0.3 is 5.11 Å². The lowest BCUT2D eigenvalue weighted by atomic mass is 10.1. The van der Waals surface area contributed by atoms with Crippen molar-refractivity contribution in [2.24, 2.45) is 0 Å². The van der Waals surface area contributed by atoms with E-state index in [-0.39, 0.29) is 10.8 Å². The highest BCUT2D eigenvalue weighted by Gasteiger charge is 2.05. The molecule has 1 N–H and O–H groups in total. The Morgan fingerprint density at radius 1 is 1.55 bits per heavy atom. The van der Waals surface area contributed by atoms with E-state index in [0.29, 0.717) is 5.56 Å². The van der Waals surface area contributed by atoms with E-state index in [0.717, 1.165) is 0 Å². The number of aliphatic hydroxyl groups excluding tert-OH is 1. The Labute approximate surface area is 69.4 Å². The first-order chi connectivity index (χ1) is 5.11. The molecule has 0 spiro atoms. The number of hydrogen-bond donors (Lipinski definition) is 1. The Bertz CT molecular complexity index is 260. The van der Waals surface area contributed by atoms with E-state index < -0.39 is 6.10 Å². The van der Waals surface area contributed by atoms with Gasteiger partial charge in [0.1, 0.15) is 5.82 Å². The first-order valence-corrected chi connectivity index (χ1v) is 3.62. The van der Waals surface area contributed by atoms with Crippen molar-refractivity contribution in [2.75, 3.05) is 0 Å². The van der Waals surface area contributed by atoms with Crippen molar-refractivity contribution in [1.29, 1.82) is 0 Å². The molecule has 0 saturated carbocycles. The van der Waals surface area contributed by atoms with Crippen molar-refractivity contribution in [3.05, 3.63) is 34.6 Å². The summed E-state index contributed by atoms with van der Waals surface area (Å²) in [5.41, 5.74) is 0.549. The lowest BCUT2D eigenvalue weighted by Gasteiger charge is -2.05. The maximum Gasteiger partial charge on any atom is 0.124 e. The van der Waals surface area contributed by atoms with E-state index in [1.807, 2.05) is 0 Å². The summed E-state index contributed by atoms with van der Waals surface area (Å²) in [6, 6.07) is 3.93. The van der Waals surface area contributed by atoms with E-state index in [9.17, 15) is 4.39 Å². The van der Waals surface area contributed by atoms with Gasteiger partial charge in [-0.25, -0.2) is 4.39 Å². The molecule has 0 heterocycles. The molecule has 1 aromatic rings. The largest absolute Gasteiger partial charge is 0.389 e. The van der Waals surface area contributed by atoms with Crippen LogP contribution in [0.4, 0.5) is 4.39 Å². The van der Waals surface area contributed by atoms with Gasteiger partial charge in [-0.2, -0.15) is 0 Å². The fourth-order valence-corrected chi connectivity index (χ4v) is 1.17. The van der Waals surface area contributed by atoms with Gasteiger partial charge in [0.05, 0.1) is 6.10 Å². The van der Waals surface area contributed by atoms with Crippen LogP contribution in [0.2, 0.25) is 5.02 Å². The van der Waals surface area contributed by atoms with Crippen LogP contribution >= 0.6 is 11.6 Å². The van der Waals surface area contributed by atoms with Crippen molar-refractivity contribution >= 4 is 11.6 Å². The van der Waals surface area contributed by atoms with Crippen LogP contribution in [0.3, 0.4) is 0 Å². The first-order valence-electron chi connectivity index (χ1n) is 3.24. The molecular weight excluding hydrogens is 167 g/mol. The van der Waals surface area contributed by atoms with E-state index in [2.05, 4.69) is 0 Å². The molecule has 0 fully saturated rings. The maximum absolute atomic E-state index is 12.4. The van der Waals surface area contributed by atoms with Crippen molar-refractivity contribution in [2.45, 2.75) is 13.0 Å². The van der Waals surface area contributed by atoms with Crippen LogP contribution in [0.5, 0.6) is 0 Å². The molecular formula is C8H8ClFO. The summed E-state index contributed by atoms with van der Waals surface area (Å²) in [6.07, 6.45) is -0.650. The van der Waals surface area contributed by atoms with Gasteiger partial charge in [-0.05, 0) is 24.6 Å². The molecule has 1 unspecified atom stereocenters. The normalized spacial score (nSPS) is 13.1. The number of rotatable bonds is 1. The van der Waals surface area contributed by atoms with Crippen LogP contribution in [0.1, 0.15) is 18.6 Å². The number of aliphatic hydroxyl groups is 1. The average Bonchev–Trinajstić information content (AvgIpc) is 1.85. The van der Waals surface area contributed by atoms with Gasteiger partial charge in [0.15, 0.2) is 0 Å². The van der Waals surface area contributed by atoms with E-state index in [1.54, 1.807) is 6.92 Å². The van der Waals surface area contributed by atoms with Gasteiger partial charge >= 0.3 is 0 Å². The van der Waals surface area contributed by atoms with Gasteiger partial charge in [0.25, 0.3) is 0 Å². The van der Waals surface area contributed by atoms with Gasteiger partial charge in [-0.15, -0.1) is 0 Å². The Hall–Kier alpha value is -0.600. The van der Waals surface area contributed by atoms with Crippen LogP contribution in [0.25, 0.3) is 0 Å². The molecule has 0 radical (unpaired) electrons. The second-order valence-corrected chi connectivity index (χ2v) is 2.75. The second kappa shape index (κ2) is 3.20. The lowest BCUT2D eigenvalue weighted by Crippen LogP contribution is -1.92. The summed E-state index contributed by atoms with van der Waals surface area (Å²) in [4.78, 5) is 0. The number of benzene rings is 1. The summed E-state index contributed by atoms with van der Waals surface area (Å²) >= 11 is 5.62. The van der Waals surface area contributed by atoms with Crippen molar-refractivity contribution in [3.63, 3.8) is 0 Å². The Morgan fingerprint density at radius 3 is 2.64 bits per heavy atom. The van der Waals surface area contributed by atoms with E-state index in [1.165, 1.54) is 18.2 Å². The predicted molar refractivity (Wildman–Crippen MR) is 42.0 cm³/mol. The summed E-state index contributed by atoms with van der Waals surface area (Å²) in [5.74, 6) is -0.389. The summed E-state index contributed by atoms with van der Waals surface area (Å²) in [6.45, 7) is 1.58. The molecule has 0 saturated heterocycles. The summed E-state index contributed by atoms with van der Waals surface area (Å²) in [7, 11) is 0. The molecule has 1 atom stereocenters. The molecule has 0 aliphatic carbocycles. The zero-order valence-electron chi connectivity index (χ0n) is 6.01. The predicted octanol–water partition coefficient (Wildman–Crippen LogP) is 2.53. The SMILES string of the molecule is CC(O)c1ccc(F)cc1Cl. The smallest absolute Gasteiger partial charge is 0.124 e. The van der Waals surface area contributed by atoms with Gasteiger partial charge in [0.2, 0.25) is 0 Å². The van der Waals surface area contributed by atoms with E-state index >= 15 is 0 Å². The van der Waals surface area contributed by atoms with Crippen LogP contribution in [0, 0.1) is 5.82 Å². The Morgan fingerprint density at radius 2 is 2.18 bits per heavy atom. The highest BCUT2D eigenvalue weighted by molar-refractivity contribution is 6.31. The molecule has 0 aliphatic rings. The average molecular weight is 175 g/mol.